The molecule has 1 amide bonds. The summed E-state index contributed by atoms with van der Waals surface area (Å²) >= 11 is 5.92. The lowest BCUT2D eigenvalue weighted by atomic mass is 9.90. The van der Waals surface area contributed by atoms with E-state index in [9.17, 15) is 9.90 Å². The van der Waals surface area contributed by atoms with Gasteiger partial charge >= 0.3 is 0 Å². The van der Waals surface area contributed by atoms with Crippen LogP contribution in [0.1, 0.15) is 29.0 Å². The molecule has 0 aromatic carbocycles. The van der Waals surface area contributed by atoms with E-state index < -0.39 is 5.60 Å². The average molecular weight is 310 g/mol. The second kappa shape index (κ2) is 5.16. The summed E-state index contributed by atoms with van der Waals surface area (Å²) in [5, 5.41) is 21.4. The Hall–Kier alpha value is -1.86. The number of hydrogen-bond donors (Lipinski definition) is 2. The van der Waals surface area contributed by atoms with Gasteiger partial charge in [-0.2, -0.15) is 15.4 Å². The van der Waals surface area contributed by atoms with Crippen LogP contribution in [-0.2, 0) is 12.6 Å². The van der Waals surface area contributed by atoms with Crippen LogP contribution < -0.4 is 0 Å². The van der Waals surface area contributed by atoms with E-state index in [1.54, 1.807) is 28.8 Å². The number of hydrogen-bond acceptors (Lipinski definition) is 4. The SMILES string of the molecule is Cn1cc(Cl)cc1C(=O)N1CCC[C@@](O)(c2cn[nH]n2)C1. The molecule has 8 heteroatoms. The van der Waals surface area contributed by atoms with Gasteiger partial charge in [0.25, 0.3) is 5.91 Å². The number of nitrogens with zero attached hydrogens (tertiary/aromatic N) is 4. The summed E-state index contributed by atoms with van der Waals surface area (Å²) in [5.74, 6) is -0.147. The highest BCUT2D eigenvalue weighted by molar-refractivity contribution is 6.31. The lowest BCUT2D eigenvalue weighted by Gasteiger charge is -2.37. The van der Waals surface area contributed by atoms with Gasteiger partial charge in [-0.15, -0.1) is 0 Å². The van der Waals surface area contributed by atoms with Crippen molar-refractivity contribution in [3.05, 3.63) is 34.9 Å². The van der Waals surface area contributed by atoms with Crippen LogP contribution in [0.5, 0.6) is 0 Å². The fourth-order valence-electron chi connectivity index (χ4n) is 2.74. The number of aromatic amines is 1. The molecule has 2 aromatic heterocycles. The predicted octanol–water partition coefficient (Wildman–Crippen LogP) is 0.920. The fraction of sp³-hybridized carbons (Fsp3) is 0.462. The predicted molar refractivity (Wildman–Crippen MR) is 75.8 cm³/mol. The monoisotopic (exact) mass is 309 g/mol. The zero-order chi connectivity index (χ0) is 15.0. The third-order valence-electron chi connectivity index (χ3n) is 3.84. The van der Waals surface area contributed by atoms with Gasteiger partial charge in [0.2, 0.25) is 0 Å². The highest BCUT2D eigenvalue weighted by Gasteiger charge is 2.39. The molecule has 0 radical (unpaired) electrons. The lowest BCUT2D eigenvalue weighted by Crippen LogP contribution is -2.49. The van der Waals surface area contributed by atoms with Gasteiger partial charge in [-0.3, -0.25) is 4.79 Å². The molecule has 1 fully saturated rings. The Balaban J connectivity index is 1.83. The number of aryl methyl sites for hydroxylation is 1. The molecule has 1 aliphatic rings. The third-order valence-corrected chi connectivity index (χ3v) is 4.05. The number of halogens is 1. The molecule has 0 bridgehead atoms. The van der Waals surface area contributed by atoms with Crippen molar-refractivity contribution in [2.24, 2.45) is 7.05 Å². The molecule has 0 spiro atoms. The van der Waals surface area contributed by atoms with Crippen LogP contribution in [0, 0.1) is 0 Å². The molecule has 1 saturated heterocycles. The van der Waals surface area contributed by atoms with Crippen molar-refractivity contribution in [3.8, 4) is 0 Å². The molecular weight excluding hydrogens is 294 g/mol. The van der Waals surface area contributed by atoms with Crippen LogP contribution >= 0.6 is 11.6 Å². The number of carbonyl (C=O) groups excluding carboxylic acids is 1. The van der Waals surface area contributed by atoms with E-state index in [4.69, 9.17) is 11.6 Å². The highest BCUT2D eigenvalue weighted by Crippen LogP contribution is 2.30. The Morgan fingerprint density at radius 1 is 1.57 bits per heavy atom. The van der Waals surface area contributed by atoms with Crippen molar-refractivity contribution in [2.45, 2.75) is 18.4 Å². The maximum Gasteiger partial charge on any atom is 0.270 e. The van der Waals surface area contributed by atoms with E-state index in [-0.39, 0.29) is 12.5 Å². The number of aromatic nitrogens is 4. The number of carbonyl (C=O) groups is 1. The molecule has 2 N–H and O–H groups in total. The molecule has 2 aromatic rings. The first-order valence-electron chi connectivity index (χ1n) is 6.69. The second-order valence-corrected chi connectivity index (χ2v) is 5.81. The Morgan fingerprint density at radius 2 is 2.38 bits per heavy atom. The summed E-state index contributed by atoms with van der Waals surface area (Å²) in [7, 11) is 1.77. The van der Waals surface area contributed by atoms with Gasteiger partial charge in [0, 0.05) is 19.8 Å². The van der Waals surface area contributed by atoms with Crippen molar-refractivity contribution in [2.75, 3.05) is 13.1 Å². The zero-order valence-corrected chi connectivity index (χ0v) is 12.3. The van der Waals surface area contributed by atoms with E-state index >= 15 is 0 Å². The van der Waals surface area contributed by atoms with Crippen LogP contribution in [0.2, 0.25) is 5.02 Å². The molecule has 0 aliphatic carbocycles. The van der Waals surface area contributed by atoms with E-state index in [1.165, 1.54) is 6.20 Å². The fourth-order valence-corrected chi connectivity index (χ4v) is 2.99. The number of amides is 1. The molecule has 21 heavy (non-hydrogen) atoms. The molecule has 0 unspecified atom stereocenters. The van der Waals surface area contributed by atoms with E-state index in [2.05, 4.69) is 15.4 Å². The highest BCUT2D eigenvalue weighted by atomic mass is 35.5. The molecule has 3 heterocycles. The third kappa shape index (κ3) is 2.54. The van der Waals surface area contributed by atoms with E-state index in [0.29, 0.717) is 35.8 Å². The van der Waals surface area contributed by atoms with Gasteiger partial charge < -0.3 is 14.6 Å². The molecule has 7 nitrogen and oxygen atoms in total. The Labute approximate surface area is 126 Å². The first kappa shape index (κ1) is 14.1. The number of H-pyrrole nitrogens is 1. The van der Waals surface area contributed by atoms with Gasteiger partial charge in [0.15, 0.2) is 0 Å². The van der Waals surface area contributed by atoms with E-state index in [1.807, 2.05) is 0 Å². The molecular formula is C13H16ClN5O2. The first-order chi connectivity index (χ1) is 9.99. The quantitative estimate of drug-likeness (QED) is 0.863. The summed E-state index contributed by atoms with van der Waals surface area (Å²) < 4.78 is 1.69. The van der Waals surface area contributed by atoms with Crippen LogP contribution in [-0.4, -0.2) is 49.0 Å². The number of likely N-dealkylation sites (tertiary alicyclic amines) is 1. The van der Waals surface area contributed by atoms with Crippen LogP contribution in [0.25, 0.3) is 0 Å². The van der Waals surface area contributed by atoms with Gasteiger partial charge in [-0.1, -0.05) is 11.6 Å². The minimum Gasteiger partial charge on any atom is -0.382 e. The van der Waals surface area contributed by atoms with Crippen molar-refractivity contribution in [1.82, 2.24) is 24.9 Å². The Morgan fingerprint density at radius 3 is 3.00 bits per heavy atom. The van der Waals surface area contributed by atoms with Gasteiger partial charge in [-0.25, -0.2) is 0 Å². The molecule has 0 saturated carbocycles. The molecule has 3 rings (SSSR count). The second-order valence-electron chi connectivity index (χ2n) is 5.37. The summed E-state index contributed by atoms with van der Waals surface area (Å²) in [6, 6.07) is 1.63. The van der Waals surface area contributed by atoms with Crippen molar-refractivity contribution in [1.29, 1.82) is 0 Å². The minimum atomic E-state index is -1.16. The summed E-state index contributed by atoms with van der Waals surface area (Å²) in [6.07, 6.45) is 4.43. The van der Waals surface area contributed by atoms with Crippen molar-refractivity contribution in [3.63, 3.8) is 0 Å². The number of aliphatic hydroxyl groups is 1. The van der Waals surface area contributed by atoms with Crippen molar-refractivity contribution >= 4 is 17.5 Å². The van der Waals surface area contributed by atoms with Gasteiger partial charge in [0.1, 0.15) is 17.0 Å². The topological polar surface area (TPSA) is 87.0 Å². The van der Waals surface area contributed by atoms with Crippen LogP contribution in [0.4, 0.5) is 0 Å². The first-order valence-corrected chi connectivity index (χ1v) is 7.07. The lowest BCUT2D eigenvalue weighted by molar-refractivity contribution is -0.0322. The smallest absolute Gasteiger partial charge is 0.270 e. The number of piperidine rings is 1. The summed E-state index contributed by atoms with van der Waals surface area (Å²) in [5.41, 5.74) is -0.190. The number of β-amino-alcohol motifs (C(OH)–C–C–N with tert-alkyl or cyclic N) is 1. The van der Waals surface area contributed by atoms with E-state index in [0.717, 1.165) is 0 Å². The maximum atomic E-state index is 12.6. The molecule has 1 atom stereocenters. The standard InChI is InChI=1S/C13H16ClN5O2/c1-18-7-9(14)5-10(18)12(20)19-4-2-3-13(21,8-19)11-6-15-17-16-11/h5-7,21H,2-4,8H2,1H3,(H,15,16,17)/t13-/m0/s1. The minimum absolute atomic E-state index is 0.147. The van der Waals surface area contributed by atoms with Gasteiger partial charge in [0.05, 0.1) is 17.8 Å². The van der Waals surface area contributed by atoms with Crippen molar-refractivity contribution < 1.29 is 9.90 Å². The van der Waals surface area contributed by atoms with Crippen LogP contribution in [0.3, 0.4) is 0 Å². The number of rotatable bonds is 2. The maximum absolute atomic E-state index is 12.6. The zero-order valence-electron chi connectivity index (χ0n) is 11.6. The number of nitrogens with one attached hydrogen (secondary N) is 1. The molecule has 112 valence electrons. The van der Waals surface area contributed by atoms with Gasteiger partial charge in [-0.05, 0) is 18.9 Å². The van der Waals surface area contributed by atoms with Crippen LogP contribution in [0.15, 0.2) is 18.5 Å². The Kier molecular flexibility index (Phi) is 3.46. The normalized spacial score (nSPS) is 22.5. The largest absolute Gasteiger partial charge is 0.382 e. The molecule has 1 aliphatic heterocycles. The average Bonchev–Trinajstić information content (AvgIpc) is 3.08. The summed E-state index contributed by atoms with van der Waals surface area (Å²) in [6.45, 7) is 0.795. The summed E-state index contributed by atoms with van der Waals surface area (Å²) in [4.78, 5) is 14.2. The Bertz CT molecular complexity index is 654.